The molecule has 0 spiro atoms. The molecule has 15 aromatic rings. The molecule has 0 bridgehead atoms. The Morgan fingerprint density at radius 1 is 0.452 bits per heavy atom. The third-order valence-corrected chi connectivity index (χ3v) is 20.6. The molecule has 0 aliphatic rings. The van der Waals surface area contributed by atoms with Crippen molar-refractivity contribution in [3.8, 4) is 73.2 Å². The minimum atomic E-state index is -6.54. The monoisotopic (exact) mass is 1250 g/mol. The highest BCUT2D eigenvalue weighted by molar-refractivity contribution is 7.20. The van der Waals surface area contributed by atoms with Gasteiger partial charge in [-0.2, -0.15) is 0 Å². The van der Waals surface area contributed by atoms with Crippen molar-refractivity contribution >= 4 is 61.7 Å². The van der Waals surface area contributed by atoms with Gasteiger partial charge in [-0.25, -0.2) is 4.98 Å². The van der Waals surface area contributed by atoms with E-state index in [4.69, 9.17) is 30.3 Å². The molecule has 0 fully saturated rings. The Morgan fingerprint density at radius 3 is 1.61 bits per heavy atom. The lowest BCUT2D eigenvalue weighted by Crippen LogP contribution is -2.76. The SMILES string of the molecule is [2H]c1c([2H])c([2H])c(-c2cc(-c3cc(C(C)(C)C)cc(C(C)(C)C)c3)c(-[n+]3[c-]n(-c4cccc(Oc5ccc6c7ccccc7n(-c7cc(C([2H])([2H])[2H])c(-c8c([2H])c([2H])c([2H])c([2H])c8[2H])cn7)c6c5)c4)c4cc(-c5c([2H])c([2H])c([2H])c([2H])c5[2H])ccc43)c([Si](c3c([2H])c([2H])c([2H])c([2H])c3[2H])(c3c([2H])c([2H])c([2H])c([2H])c3[2H])c3c([2H])c([2H])c([2H])c([2H])c3[2H])c2)c([2H])c1[2H]. The molecule has 0 N–H and O–H groups in total. The molecule has 0 unspecified atom stereocenters. The smallest absolute Gasteiger partial charge is 0.269 e. The first-order valence-electron chi connectivity index (χ1n) is 46.0. The summed E-state index contributed by atoms with van der Waals surface area (Å²) in [6.45, 7) is 8.52. The second-order valence-electron chi connectivity index (χ2n) is 24.2. The summed E-state index contributed by atoms with van der Waals surface area (Å²) in [5.74, 6) is 0.248. The van der Waals surface area contributed by atoms with E-state index in [0.29, 0.717) is 32.9 Å². The van der Waals surface area contributed by atoms with Crippen molar-refractivity contribution in [2.75, 3.05) is 0 Å². The van der Waals surface area contributed by atoms with Crippen molar-refractivity contribution in [2.45, 2.75) is 59.2 Å². The Morgan fingerprint density at radius 2 is 1.01 bits per heavy atom. The van der Waals surface area contributed by atoms with E-state index in [0.717, 1.165) is 12.3 Å². The molecule has 93 heavy (non-hydrogen) atoms. The number of aromatic nitrogens is 4. The van der Waals surface area contributed by atoms with Gasteiger partial charge in [-0.15, -0.1) is 0 Å². The molecule has 0 amide bonds. The fraction of sp³-hybridized carbons (Fsp3) is 0.103. The van der Waals surface area contributed by atoms with Crippen molar-refractivity contribution in [2.24, 2.45) is 0 Å². The van der Waals surface area contributed by atoms with Crippen molar-refractivity contribution in [3.63, 3.8) is 0 Å². The zero-order chi connectivity index (χ0) is 92.0. The van der Waals surface area contributed by atoms with E-state index in [-0.39, 0.29) is 78.7 Å². The summed E-state index contributed by atoms with van der Waals surface area (Å²) in [7, 11) is -6.54. The van der Waals surface area contributed by atoms with Gasteiger partial charge >= 0.3 is 0 Å². The molecule has 3 aromatic heterocycles. The van der Waals surface area contributed by atoms with Gasteiger partial charge in [0.15, 0.2) is 8.07 Å². The quantitative estimate of drug-likeness (QED) is 0.0499. The second kappa shape index (κ2) is 23.7. The van der Waals surface area contributed by atoms with E-state index in [2.05, 4.69) is 6.33 Å². The highest BCUT2D eigenvalue weighted by Gasteiger charge is 2.44. The summed E-state index contributed by atoms with van der Waals surface area (Å²) in [5.41, 5.74) is -1.94. The van der Waals surface area contributed by atoms with Crippen molar-refractivity contribution < 1.29 is 54.5 Å². The number of pyridine rings is 1. The molecule has 15 rings (SSSR count). The number of hydrogen-bond donors (Lipinski definition) is 0. The molecule has 6 heteroatoms. The third kappa shape index (κ3) is 10.8. The fourth-order valence-electron chi connectivity index (χ4n) is 11.9. The van der Waals surface area contributed by atoms with Gasteiger partial charge in [-0.3, -0.25) is 13.7 Å². The average molecular weight is 1250 g/mol. The van der Waals surface area contributed by atoms with Crippen LogP contribution in [0.5, 0.6) is 11.5 Å². The van der Waals surface area contributed by atoms with E-state index in [1.807, 2.05) is 53.7 Å². The predicted molar refractivity (Wildman–Crippen MR) is 390 cm³/mol. The minimum Gasteiger partial charge on any atom is -0.458 e. The first-order chi connectivity index (χ1) is 58.9. The maximum Gasteiger partial charge on any atom is 0.269 e. The lowest BCUT2D eigenvalue weighted by atomic mass is 9.78. The van der Waals surface area contributed by atoms with Gasteiger partial charge in [0.1, 0.15) is 17.3 Å². The lowest BCUT2D eigenvalue weighted by molar-refractivity contribution is -0.570. The van der Waals surface area contributed by atoms with E-state index in [1.165, 1.54) is 45.5 Å². The van der Waals surface area contributed by atoms with Gasteiger partial charge in [-0.1, -0.05) is 283 Å². The van der Waals surface area contributed by atoms with Crippen LogP contribution in [0.1, 0.15) is 103 Å². The molecule has 12 aromatic carbocycles. The summed E-state index contributed by atoms with van der Waals surface area (Å²) in [6, 6.07) is 4.01. The zero-order valence-corrected chi connectivity index (χ0v) is 51.8. The fourth-order valence-corrected chi connectivity index (χ4v) is 15.9. The zero-order valence-electron chi connectivity index (χ0n) is 83.8. The predicted octanol–water partition coefficient (Wildman–Crippen LogP) is 18.9. The number of rotatable bonds is 13. The normalized spacial score (nSPS) is 17.2. The summed E-state index contributed by atoms with van der Waals surface area (Å²) in [4.78, 5) is 4.72. The molecular formula is C87H72N4OSi. The van der Waals surface area contributed by atoms with E-state index < -0.39 is 239 Å². The molecule has 0 radical (unpaired) electrons. The lowest BCUT2D eigenvalue weighted by Gasteiger charge is -2.37. The minimum absolute atomic E-state index is 0.00460. The number of aryl methyl sites for hydroxylation is 1. The average Bonchev–Trinajstić information content (AvgIpc) is 0.782. The summed E-state index contributed by atoms with van der Waals surface area (Å²) in [5, 5.41) is -2.21. The number of ether oxygens (including phenoxy) is 1. The molecule has 0 atom stereocenters. The molecule has 0 saturated heterocycles. The number of para-hydroxylation sites is 1. The number of nitrogens with zero attached hydrogens (tertiary/aromatic N) is 4. The standard InChI is InChI=1S/C87H72N4OSi/c1-60-49-84(88-58-78(60)63-33-18-10-19-34-63)91-79-44-27-26-43-75(79)76-47-46-71(57-81(76)91)92-70-36-28-35-69(56-70)89-59-90(80-48-45-64(53-82(80)89)61-29-14-8-15-30-61)85-77(66-50-67(86(2,3)4)55-68(51-66)87(5,6)7)52-65(62-31-16-9-17-32-62)54-83(85)93(72-37-20-11-21-38-72,73-39-22-12-23-40-73)74-41-24-13-25-42-74/h8-58H,1-7H3/i1D3,8D,9D,10D,11D,12D,13D,14D,15D,16D,17D,18D,19D,20D,21D,22D,23D,24D,25D,29D,30D,31D,32D,33D,34D,37D,38D,39D,40D,41D,42D. The molecule has 0 aliphatic carbocycles. The molecule has 3 heterocycles. The van der Waals surface area contributed by atoms with Gasteiger partial charge < -0.3 is 4.74 Å². The van der Waals surface area contributed by atoms with Crippen LogP contribution in [-0.4, -0.2) is 22.2 Å². The van der Waals surface area contributed by atoms with Crippen LogP contribution < -0.4 is 30.1 Å². The van der Waals surface area contributed by atoms with E-state index in [9.17, 15) is 24.7 Å². The molecule has 450 valence electrons. The highest BCUT2D eigenvalue weighted by Crippen LogP contribution is 2.41. The first kappa shape index (κ1) is 32.4. The van der Waals surface area contributed by atoms with Gasteiger partial charge in [0.05, 0.1) is 74.6 Å². The van der Waals surface area contributed by atoms with Crippen molar-refractivity contribution in [1.29, 1.82) is 0 Å². The molecule has 0 aliphatic heterocycles. The Bertz CT molecular complexity index is 6910. The molecule has 5 nitrogen and oxygen atoms in total. The van der Waals surface area contributed by atoms with Gasteiger partial charge in [-0.05, 0) is 149 Å². The first-order valence-corrected chi connectivity index (χ1v) is 31.5. The van der Waals surface area contributed by atoms with Crippen molar-refractivity contribution in [1.82, 2.24) is 14.1 Å². The van der Waals surface area contributed by atoms with Gasteiger partial charge in [0, 0.05) is 32.7 Å². The Hall–Kier alpha value is -10.9. The van der Waals surface area contributed by atoms with Crippen LogP contribution >= 0.6 is 0 Å². The number of fused-ring (bicyclic) bond motifs is 4. The van der Waals surface area contributed by atoms with Gasteiger partial charge in [0.2, 0.25) is 0 Å². The van der Waals surface area contributed by atoms with E-state index >= 15 is 0 Å². The summed E-state index contributed by atoms with van der Waals surface area (Å²) >= 11 is 0. The third-order valence-electron chi connectivity index (χ3n) is 16.4. The Labute approximate surface area is 593 Å². The van der Waals surface area contributed by atoms with Crippen LogP contribution in [0.25, 0.3) is 94.5 Å². The van der Waals surface area contributed by atoms with Gasteiger partial charge in [0.25, 0.3) is 6.33 Å². The number of imidazole rings is 1. The Balaban J connectivity index is 1.13. The Kier molecular flexibility index (Phi) is 8.26. The van der Waals surface area contributed by atoms with Crippen LogP contribution in [0, 0.1) is 13.2 Å². The molecular weight excluding hydrogens is 1150 g/mol. The number of hydrogen-bond acceptors (Lipinski definition) is 2. The second-order valence-corrected chi connectivity index (χ2v) is 27.7. The maximum absolute atomic E-state index is 10.4. The van der Waals surface area contributed by atoms with Crippen LogP contribution in [-0.2, 0) is 10.8 Å². The van der Waals surface area contributed by atoms with Crippen LogP contribution in [0.2, 0.25) is 0 Å². The summed E-state index contributed by atoms with van der Waals surface area (Å²) < 4.78 is 320. The highest BCUT2D eigenvalue weighted by atomic mass is 28.3. The molecule has 0 saturated carbocycles. The topological polar surface area (TPSA) is 35.9 Å². The van der Waals surface area contributed by atoms with E-state index in [1.54, 1.807) is 71.3 Å². The number of benzene rings is 12. The van der Waals surface area contributed by atoms with Crippen LogP contribution in [0.15, 0.2) is 309 Å². The maximum atomic E-state index is 10.4. The van der Waals surface area contributed by atoms with Crippen LogP contribution in [0.3, 0.4) is 0 Å². The largest absolute Gasteiger partial charge is 0.458 e. The van der Waals surface area contributed by atoms with Crippen LogP contribution in [0.4, 0.5) is 0 Å². The summed E-state index contributed by atoms with van der Waals surface area (Å²) in [6.07, 6.45) is 4.61. The van der Waals surface area contributed by atoms with Crippen molar-refractivity contribution in [3.05, 3.63) is 332 Å².